The van der Waals surface area contributed by atoms with Crippen LogP contribution in [0.3, 0.4) is 0 Å². The van der Waals surface area contributed by atoms with Gasteiger partial charge in [0, 0.05) is 62.8 Å². The molecule has 202 valence electrons. The Bertz CT molecular complexity index is 1180. The molecule has 2 aromatic rings. The predicted octanol–water partition coefficient (Wildman–Crippen LogP) is 3.54. The highest BCUT2D eigenvalue weighted by molar-refractivity contribution is 7.88. The van der Waals surface area contributed by atoms with E-state index >= 15 is 0 Å². The monoisotopic (exact) mass is 556 g/mol. The number of benzene rings is 2. The normalized spacial score (nSPS) is 21.2. The summed E-state index contributed by atoms with van der Waals surface area (Å²) in [6, 6.07) is 14.1. The molecule has 1 unspecified atom stereocenters. The summed E-state index contributed by atoms with van der Waals surface area (Å²) in [6.45, 7) is -0.0295. The van der Waals surface area contributed by atoms with Crippen molar-refractivity contribution in [3.63, 3.8) is 0 Å². The molecular formula is C25H31ClF2N4O4S. The minimum Gasteiger partial charge on any atom is -0.435 e. The van der Waals surface area contributed by atoms with Crippen LogP contribution in [0.2, 0.25) is 5.02 Å². The molecule has 2 atom stereocenters. The third kappa shape index (κ3) is 6.90. The molecule has 2 amide bonds. The molecule has 0 radical (unpaired) electrons. The summed E-state index contributed by atoms with van der Waals surface area (Å²) < 4.78 is 54.4. The fraction of sp³-hybridized carbons (Fsp3) is 0.480. The number of rotatable bonds is 7. The molecule has 0 aromatic heterocycles. The van der Waals surface area contributed by atoms with Crippen molar-refractivity contribution in [2.75, 3.05) is 52.6 Å². The molecule has 37 heavy (non-hydrogen) atoms. The van der Waals surface area contributed by atoms with E-state index in [0.29, 0.717) is 37.7 Å². The average Bonchev–Trinajstić information content (AvgIpc) is 3.30. The lowest BCUT2D eigenvalue weighted by atomic mass is 9.93. The van der Waals surface area contributed by atoms with E-state index in [1.165, 1.54) is 22.7 Å². The standard InChI is InChI=1S/C25H31ClF2N4O4S/c1-29(15-18-3-9-21(10-4-18)36-24(27)28)23-17-31(16-22(23)19-5-7-20(26)8-6-19)25(33)30-11-13-32(14-12-30)37(2,34)35/h3-10,22-24H,11-17H2,1-2H3/t22-,23?/m1/s1. The van der Waals surface area contributed by atoms with E-state index in [2.05, 4.69) is 9.64 Å². The number of halogens is 3. The molecule has 0 spiro atoms. The number of ether oxygens (including phenoxy) is 1. The Morgan fingerprint density at radius 2 is 1.65 bits per heavy atom. The SMILES string of the molecule is CN(Cc1ccc(OC(F)F)cc1)C1CN(C(=O)N2CCN(S(C)(=O)=O)CC2)C[C@@H]1c1ccc(Cl)cc1. The number of nitrogens with zero attached hydrogens (tertiary/aromatic N) is 4. The molecule has 12 heteroatoms. The summed E-state index contributed by atoms with van der Waals surface area (Å²) in [7, 11) is -1.30. The lowest BCUT2D eigenvalue weighted by Crippen LogP contribution is -2.53. The minimum absolute atomic E-state index is 0.000533. The quantitative estimate of drug-likeness (QED) is 0.522. The van der Waals surface area contributed by atoms with E-state index in [1.54, 1.807) is 17.0 Å². The molecule has 2 fully saturated rings. The fourth-order valence-corrected chi connectivity index (χ4v) is 5.97. The van der Waals surface area contributed by atoms with Crippen molar-refractivity contribution in [3.05, 3.63) is 64.7 Å². The van der Waals surface area contributed by atoms with Gasteiger partial charge in [-0.05, 0) is 42.4 Å². The Labute approximate surface area is 221 Å². The van der Waals surface area contributed by atoms with Gasteiger partial charge in [-0.2, -0.15) is 13.1 Å². The number of piperazine rings is 1. The van der Waals surface area contributed by atoms with Gasteiger partial charge in [-0.25, -0.2) is 13.2 Å². The predicted molar refractivity (Wildman–Crippen MR) is 137 cm³/mol. The van der Waals surface area contributed by atoms with Gasteiger partial charge in [0.2, 0.25) is 10.0 Å². The molecule has 8 nitrogen and oxygen atoms in total. The molecule has 2 aromatic carbocycles. The lowest BCUT2D eigenvalue weighted by molar-refractivity contribution is -0.0498. The highest BCUT2D eigenvalue weighted by Crippen LogP contribution is 2.33. The molecular weight excluding hydrogens is 526 g/mol. The average molecular weight is 557 g/mol. The first kappa shape index (κ1) is 27.6. The number of amides is 2. The minimum atomic E-state index is -3.28. The highest BCUT2D eigenvalue weighted by atomic mass is 35.5. The number of carbonyl (C=O) groups excluding carboxylic acids is 1. The molecule has 2 aliphatic heterocycles. The summed E-state index contributed by atoms with van der Waals surface area (Å²) in [5.41, 5.74) is 2.00. The maximum absolute atomic E-state index is 13.4. The van der Waals surface area contributed by atoms with Gasteiger partial charge in [0.15, 0.2) is 0 Å². The van der Waals surface area contributed by atoms with Crippen LogP contribution in [0, 0.1) is 0 Å². The summed E-state index contributed by atoms with van der Waals surface area (Å²) in [6.07, 6.45) is 1.18. The number of sulfonamides is 1. The number of hydrogen-bond donors (Lipinski definition) is 0. The Hall–Kier alpha value is -2.47. The topological polar surface area (TPSA) is 73.4 Å². The van der Waals surface area contributed by atoms with Gasteiger partial charge in [-0.1, -0.05) is 35.9 Å². The number of urea groups is 1. The summed E-state index contributed by atoms with van der Waals surface area (Å²) in [4.78, 5) is 19.1. The second-order valence-corrected chi connectivity index (χ2v) is 11.9. The van der Waals surface area contributed by atoms with Crippen LogP contribution in [0.4, 0.5) is 13.6 Å². The third-order valence-electron chi connectivity index (χ3n) is 6.98. The van der Waals surface area contributed by atoms with Crippen molar-refractivity contribution in [1.29, 1.82) is 0 Å². The maximum atomic E-state index is 13.4. The number of alkyl halides is 2. The van der Waals surface area contributed by atoms with Crippen molar-refractivity contribution in [2.24, 2.45) is 0 Å². The molecule has 2 saturated heterocycles. The first-order valence-electron chi connectivity index (χ1n) is 12.0. The number of likely N-dealkylation sites (tertiary alicyclic amines) is 1. The molecule has 4 rings (SSSR count). The number of hydrogen-bond acceptors (Lipinski definition) is 5. The Balaban J connectivity index is 1.47. The van der Waals surface area contributed by atoms with Crippen LogP contribution in [0.5, 0.6) is 5.75 Å². The van der Waals surface area contributed by atoms with E-state index in [4.69, 9.17) is 11.6 Å². The largest absolute Gasteiger partial charge is 0.435 e. The van der Waals surface area contributed by atoms with E-state index in [-0.39, 0.29) is 36.8 Å². The first-order chi connectivity index (χ1) is 17.5. The van der Waals surface area contributed by atoms with E-state index in [9.17, 15) is 22.0 Å². The van der Waals surface area contributed by atoms with E-state index < -0.39 is 16.6 Å². The number of likely N-dealkylation sites (N-methyl/N-ethyl adjacent to an activating group) is 1. The van der Waals surface area contributed by atoms with Gasteiger partial charge >= 0.3 is 12.6 Å². The lowest BCUT2D eigenvalue weighted by Gasteiger charge is -2.35. The van der Waals surface area contributed by atoms with Crippen molar-refractivity contribution in [2.45, 2.75) is 25.1 Å². The van der Waals surface area contributed by atoms with E-state index in [1.807, 2.05) is 36.2 Å². The second kappa shape index (κ2) is 11.5. The van der Waals surface area contributed by atoms with Gasteiger partial charge in [0.1, 0.15) is 5.75 Å². The van der Waals surface area contributed by atoms with Crippen LogP contribution in [-0.4, -0.2) is 98.7 Å². The first-order valence-corrected chi connectivity index (χ1v) is 14.2. The van der Waals surface area contributed by atoms with Crippen LogP contribution in [0.25, 0.3) is 0 Å². The molecule has 0 N–H and O–H groups in total. The van der Waals surface area contributed by atoms with Gasteiger partial charge in [0.25, 0.3) is 0 Å². The zero-order valence-electron chi connectivity index (χ0n) is 20.8. The van der Waals surface area contributed by atoms with Crippen molar-refractivity contribution in [3.8, 4) is 5.75 Å². The Morgan fingerprint density at radius 1 is 1.03 bits per heavy atom. The molecule has 0 aliphatic carbocycles. The van der Waals surface area contributed by atoms with Crippen LogP contribution in [0.1, 0.15) is 17.0 Å². The summed E-state index contributed by atoms with van der Waals surface area (Å²) >= 11 is 6.11. The molecule has 2 heterocycles. The van der Waals surface area contributed by atoms with Gasteiger partial charge < -0.3 is 14.5 Å². The summed E-state index contributed by atoms with van der Waals surface area (Å²) in [5.74, 6) is 0.138. The Morgan fingerprint density at radius 3 is 2.22 bits per heavy atom. The van der Waals surface area contributed by atoms with Crippen LogP contribution in [0.15, 0.2) is 48.5 Å². The van der Waals surface area contributed by atoms with Crippen molar-refractivity contribution < 1.29 is 26.7 Å². The van der Waals surface area contributed by atoms with Gasteiger partial charge in [0.05, 0.1) is 6.26 Å². The van der Waals surface area contributed by atoms with Crippen LogP contribution >= 0.6 is 11.6 Å². The van der Waals surface area contributed by atoms with Crippen LogP contribution < -0.4 is 4.74 Å². The number of carbonyl (C=O) groups is 1. The molecule has 0 bridgehead atoms. The smallest absolute Gasteiger partial charge is 0.387 e. The van der Waals surface area contributed by atoms with Crippen molar-refractivity contribution >= 4 is 27.7 Å². The molecule has 0 saturated carbocycles. The van der Waals surface area contributed by atoms with Crippen LogP contribution in [-0.2, 0) is 16.6 Å². The van der Waals surface area contributed by atoms with E-state index in [0.717, 1.165) is 11.1 Å². The zero-order valence-corrected chi connectivity index (χ0v) is 22.3. The van der Waals surface area contributed by atoms with Crippen molar-refractivity contribution in [1.82, 2.24) is 19.0 Å². The van der Waals surface area contributed by atoms with Gasteiger partial charge in [-0.15, -0.1) is 0 Å². The Kier molecular flexibility index (Phi) is 8.57. The zero-order chi connectivity index (χ0) is 26.7. The van der Waals surface area contributed by atoms with Gasteiger partial charge in [-0.3, -0.25) is 4.90 Å². The molecule has 2 aliphatic rings. The fourth-order valence-electron chi connectivity index (χ4n) is 5.02. The second-order valence-electron chi connectivity index (χ2n) is 9.50. The third-order valence-corrected chi connectivity index (χ3v) is 8.54. The maximum Gasteiger partial charge on any atom is 0.387 e. The summed E-state index contributed by atoms with van der Waals surface area (Å²) in [5, 5.41) is 0.634. The highest BCUT2D eigenvalue weighted by Gasteiger charge is 2.40.